The molecule has 110 valence electrons. The van der Waals surface area contributed by atoms with Gasteiger partial charge in [0.2, 0.25) is 0 Å². The standard InChI is InChI=1S/C15H18N4O2/c1-11(20)14(18-8-6-16-7-9-18)19-10-17-13-5-3-2-4-12(13)15(19)21/h2-5,10,14,16H,6-9H2,1H3. The molecule has 1 saturated heterocycles. The molecule has 3 rings (SSSR count). The smallest absolute Gasteiger partial charge is 0.262 e. The van der Waals surface area contributed by atoms with Crippen LogP contribution in [0.5, 0.6) is 0 Å². The highest BCUT2D eigenvalue weighted by Gasteiger charge is 2.27. The molecule has 1 aliphatic rings. The summed E-state index contributed by atoms with van der Waals surface area (Å²) in [6, 6.07) is 7.20. The lowest BCUT2D eigenvalue weighted by Crippen LogP contribution is -2.50. The van der Waals surface area contributed by atoms with Crippen molar-refractivity contribution in [3.8, 4) is 0 Å². The molecule has 0 amide bonds. The van der Waals surface area contributed by atoms with Crippen molar-refractivity contribution < 1.29 is 4.79 Å². The van der Waals surface area contributed by atoms with E-state index in [1.54, 1.807) is 12.1 Å². The number of fused-ring (bicyclic) bond motifs is 1. The van der Waals surface area contributed by atoms with Crippen LogP contribution in [-0.2, 0) is 4.79 Å². The predicted molar refractivity (Wildman–Crippen MR) is 80.2 cm³/mol. The molecule has 0 radical (unpaired) electrons. The fraction of sp³-hybridized carbons (Fsp3) is 0.400. The summed E-state index contributed by atoms with van der Waals surface area (Å²) in [5, 5.41) is 3.79. The minimum atomic E-state index is -0.572. The van der Waals surface area contributed by atoms with Crippen molar-refractivity contribution in [2.24, 2.45) is 0 Å². The molecule has 1 N–H and O–H groups in total. The molecule has 1 aliphatic heterocycles. The summed E-state index contributed by atoms with van der Waals surface area (Å²) < 4.78 is 1.45. The maximum absolute atomic E-state index is 12.6. The third-order valence-corrected chi connectivity index (χ3v) is 3.81. The summed E-state index contributed by atoms with van der Waals surface area (Å²) in [5.74, 6) is -0.0453. The van der Waals surface area contributed by atoms with Crippen molar-refractivity contribution in [2.75, 3.05) is 26.2 Å². The van der Waals surface area contributed by atoms with E-state index in [1.807, 2.05) is 17.0 Å². The van der Waals surface area contributed by atoms with E-state index < -0.39 is 6.17 Å². The van der Waals surface area contributed by atoms with Gasteiger partial charge in [-0.05, 0) is 19.1 Å². The van der Waals surface area contributed by atoms with Crippen LogP contribution >= 0.6 is 0 Å². The van der Waals surface area contributed by atoms with Crippen LogP contribution in [-0.4, -0.2) is 46.4 Å². The van der Waals surface area contributed by atoms with Crippen molar-refractivity contribution in [2.45, 2.75) is 13.1 Å². The van der Waals surface area contributed by atoms with Gasteiger partial charge in [-0.15, -0.1) is 0 Å². The summed E-state index contributed by atoms with van der Waals surface area (Å²) >= 11 is 0. The molecule has 1 unspecified atom stereocenters. The zero-order chi connectivity index (χ0) is 14.8. The number of nitrogens with one attached hydrogen (secondary N) is 1. The third kappa shape index (κ3) is 2.59. The summed E-state index contributed by atoms with van der Waals surface area (Å²) in [4.78, 5) is 31.1. The van der Waals surface area contributed by atoms with E-state index >= 15 is 0 Å². The van der Waals surface area contributed by atoms with Crippen LogP contribution in [0.2, 0.25) is 0 Å². The van der Waals surface area contributed by atoms with Gasteiger partial charge in [-0.2, -0.15) is 0 Å². The summed E-state index contributed by atoms with van der Waals surface area (Å²) in [5.41, 5.74) is 0.487. The van der Waals surface area contributed by atoms with Crippen molar-refractivity contribution in [3.05, 3.63) is 40.9 Å². The Labute approximate surface area is 122 Å². The Balaban J connectivity index is 2.09. The molecule has 0 spiro atoms. The number of piperazine rings is 1. The molecular weight excluding hydrogens is 268 g/mol. The number of carbonyl (C=O) groups is 1. The van der Waals surface area contributed by atoms with Gasteiger partial charge >= 0.3 is 0 Å². The number of aromatic nitrogens is 2. The number of hydrogen-bond donors (Lipinski definition) is 1. The number of hydrogen-bond acceptors (Lipinski definition) is 5. The van der Waals surface area contributed by atoms with Gasteiger partial charge in [-0.1, -0.05) is 12.1 Å². The number of carbonyl (C=O) groups excluding carboxylic acids is 1. The first kappa shape index (κ1) is 13.9. The van der Waals surface area contributed by atoms with Gasteiger partial charge in [0.1, 0.15) is 0 Å². The van der Waals surface area contributed by atoms with E-state index in [1.165, 1.54) is 17.8 Å². The highest BCUT2D eigenvalue weighted by Crippen LogP contribution is 2.15. The Hall–Kier alpha value is -2.05. The Morgan fingerprint density at radius 1 is 1.29 bits per heavy atom. The van der Waals surface area contributed by atoms with Crippen LogP contribution in [0.3, 0.4) is 0 Å². The van der Waals surface area contributed by atoms with Crippen LogP contribution in [0.25, 0.3) is 10.9 Å². The Morgan fingerprint density at radius 2 is 2.00 bits per heavy atom. The van der Waals surface area contributed by atoms with Crippen LogP contribution in [0.4, 0.5) is 0 Å². The van der Waals surface area contributed by atoms with Gasteiger partial charge in [-0.25, -0.2) is 4.98 Å². The van der Waals surface area contributed by atoms with E-state index in [2.05, 4.69) is 10.3 Å². The first-order chi connectivity index (χ1) is 10.2. The highest BCUT2D eigenvalue weighted by atomic mass is 16.1. The average Bonchev–Trinajstić information content (AvgIpc) is 2.51. The van der Waals surface area contributed by atoms with E-state index in [0.29, 0.717) is 10.9 Å². The minimum absolute atomic E-state index is 0.0453. The number of benzene rings is 1. The van der Waals surface area contributed by atoms with Gasteiger partial charge in [0.15, 0.2) is 11.9 Å². The van der Waals surface area contributed by atoms with Crippen LogP contribution in [0.1, 0.15) is 13.1 Å². The van der Waals surface area contributed by atoms with Gasteiger partial charge in [0.05, 0.1) is 17.2 Å². The van der Waals surface area contributed by atoms with E-state index in [-0.39, 0.29) is 11.3 Å². The monoisotopic (exact) mass is 286 g/mol. The second kappa shape index (κ2) is 5.75. The molecule has 1 fully saturated rings. The molecule has 0 aliphatic carbocycles. The zero-order valence-electron chi connectivity index (χ0n) is 12.0. The first-order valence-corrected chi connectivity index (χ1v) is 7.09. The molecule has 0 bridgehead atoms. The highest BCUT2D eigenvalue weighted by molar-refractivity contribution is 5.81. The molecule has 0 saturated carbocycles. The second-order valence-electron chi connectivity index (χ2n) is 5.24. The molecule has 1 aromatic carbocycles. The lowest BCUT2D eigenvalue weighted by molar-refractivity contribution is -0.125. The lowest BCUT2D eigenvalue weighted by atomic mass is 10.2. The molecule has 2 aromatic rings. The van der Waals surface area contributed by atoms with Gasteiger partial charge in [-0.3, -0.25) is 19.1 Å². The third-order valence-electron chi connectivity index (χ3n) is 3.81. The van der Waals surface area contributed by atoms with Crippen molar-refractivity contribution >= 4 is 16.7 Å². The van der Waals surface area contributed by atoms with Gasteiger partial charge in [0, 0.05) is 26.2 Å². The maximum atomic E-state index is 12.6. The molecule has 6 nitrogen and oxygen atoms in total. The normalized spacial score (nSPS) is 17.8. The second-order valence-corrected chi connectivity index (χ2v) is 5.24. The fourth-order valence-electron chi connectivity index (χ4n) is 2.81. The van der Waals surface area contributed by atoms with Crippen LogP contribution in [0.15, 0.2) is 35.4 Å². The number of rotatable bonds is 3. The molecule has 21 heavy (non-hydrogen) atoms. The maximum Gasteiger partial charge on any atom is 0.262 e. The topological polar surface area (TPSA) is 67.2 Å². The van der Waals surface area contributed by atoms with E-state index in [9.17, 15) is 9.59 Å². The largest absolute Gasteiger partial charge is 0.314 e. The average molecular weight is 286 g/mol. The first-order valence-electron chi connectivity index (χ1n) is 7.09. The summed E-state index contributed by atoms with van der Waals surface area (Å²) in [7, 11) is 0. The number of para-hydroxylation sites is 1. The SMILES string of the molecule is CC(=O)C(N1CCNCC1)n1cnc2ccccc2c1=O. The molecule has 2 heterocycles. The number of ketones is 1. The zero-order valence-corrected chi connectivity index (χ0v) is 12.0. The van der Waals surface area contributed by atoms with E-state index in [0.717, 1.165) is 26.2 Å². The van der Waals surface area contributed by atoms with Crippen molar-refractivity contribution in [3.63, 3.8) is 0 Å². The number of nitrogens with zero attached hydrogens (tertiary/aromatic N) is 3. The van der Waals surface area contributed by atoms with Crippen molar-refractivity contribution in [1.82, 2.24) is 19.8 Å². The Morgan fingerprint density at radius 3 is 2.71 bits per heavy atom. The number of Topliss-reactive ketones (excluding diaryl/α,β-unsaturated/α-hetero) is 1. The van der Waals surface area contributed by atoms with Crippen LogP contribution < -0.4 is 10.9 Å². The minimum Gasteiger partial charge on any atom is -0.314 e. The molecular formula is C15H18N4O2. The van der Waals surface area contributed by atoms with Gasteiger partial charge < -0.3 is 5.32 Å². The van der Waals surface area contributed by atoms with Crippen molar-refractivity contribution in [1.29, 1.82) is 0 Å². The molecule has 6 heteroatoms. The molecule has 1 aromatic heterocycles. The Bertz CT molecular complexity index is 719. The van der Waals surface area contributed by atoms with Gasteiger partial charge in [0.25, 0.3) is 5.56 Å². The fourth-order valence-corrected chi connectivity index (χ4v) is 2.81. The lowest BCUT2D eigenvalue weighted by Gasteiger charge is -2.34. The summed E-state index contributed by atoms with van der Waals surface area (Å²) in [6.45, 7) is 4.64. The van der Waals surface area contributed by atoms with Crippen LogP contribution in [0, 0.1) is 0 Å². The molecule has 1 atom stereocenters. The summed E-state index contributed by atoms with van der Waals surface area (Å²) in [6.07, 6.45) is 0.912. The predicted octanol–water partition coefficient (Wildman–Crippen LogP) is 0.389. The van der Waals surface area contributed by atoms with E-state index in [4.69, 9.17) is 0 Å². The quantitative estimate of drug-likeness (QED) is 0.884. The Kier molecular flexibility index (Phi) is 3.81.